The third-order valence-corrected chi connectivity index (χ3v) is 5.22. The molecular formula is C24H21N5O. The van der Waals surface area contributed by atoms with Crippen LogP contribution in [0, 0.1) is 6.92 Å². The molecule has 0 aliphatic carbocycles. The topological polar surface area (TPSA) is 74.7 Å². The number of amides is 2. The van der Waals surface area contributed by atoms with Crippen molar-refractivity contribution in [1.29, 1.82) is 0 Å². The van der Waals surface area contributed by atoms with E-state index >= 15 is 0 Å². The van der Waals surface area contributed by atoms with Gasteiger partial charge in [0.15, 0.2) is 0 Å². The number of urea groups is 1. The van der Waals surface area contributed by atoms with E-state index < -0.39 is 0 Å². The summed E-state index contributed by atoms with van der Waals surface area (Å²) in [6, 6.07) is 19.5. The Labute approximate surface area is 173 Å². The summed E-state index contributed by atoms with van der Waals surface area (Å²) in [6.45, 7) is 2.71. The molecule has 0 saturated carbocycles. The van der Waals surface area contributed by atoms with Crippen molar-refractivity contribution in [3.8, 4) is 0 Å². The number of carbonyl (C=O) groups is 1. The number of H-pyrrole nitrogens is 1. The highest BCUT2D eigenvalue weighted by Crippen LogP contribution is 2.27. The molecule has 0 atom stereocenters. The van der Waals surface area contributed by atoms with E-state index in [9.17, 15) is 4.79 Å². The van der Waals surface area contributed by atoms with Gasteiger partial charge in [-0.05, 0) is 60.5 Å². The summed E-state index contributed by atoms with van der Waals surface area (Å²) in [5.41, 5.74) is 5.76. The fourth-order valence-corrected chi connectivity index (χ4v) is 3.80. The molecule has 3 heterocycles. The lowest BCUT2D eigenvalue weighted by Gasteiger charge is -2.10. The first kappa shape index (κ1) is 18.0. The predicted molar refractivity (Wildman–Crippen MR) is 121 cm³/mol. The molecule has 3 N–H and O–H groups in total. The fraction of sp³-hybridized carbons (Fsp3) is 0.0833. The van der Waals surface area contributed by atoms with Crippen molar-refractivity contribution in [1.82, 2.24) is 14.5 Å². The van der Waals surface area contributed by atoms with E-state index in [4.69, 9.17) is 0 Å². The molecule has 2 aromatic carbocycles. The molecule has 0 unspecified atom stereocenters. The molecule has 0 radical (unpaired) electrons. The number of carbonyl (C=O) groups excluding carboxylic acids is 1. The lowest BCUT2D eigenvalue weighted by Crippen LogP contribution is -2.19. The number of fused-ring (bicyclic) bond motifs is 2. The van der Waals surface area contributed by atoms with Gasteiger partial charge in [0, 0.05) is 41.6 Å². The quantitative estimate of drug-likeness (QED) is 0.375. The van der Waals surface area contributed by atoms with Crippen LogP contribution in [0.1, 0.15) is 11.1 Å². The zero-order valence-electron chi connectivity index (χ0n) is 16.5. The molecule has 30 heavy (non-hydrogen) atoms. The molecule has 5 aromatic rings. The van der Waals surface area contributed by atoms with Gasteiger partial charge >= 0.3 is 6.03 Å². The third-order valence-electron chi connectivity index (χ3n) is 5.22. The lowest BCUT2D eigenvalue weighted by atomic mass is 10.2. The van der Waals surface area contributed by atoms with E-state index in [1.165, 1.54) is 5.56 Å². The van der Waals surface area contributed by atoms with Gasteiger partial charge in [0.2, 0.25) is 0 Å². The maximum atomic E-state index is 12.5. The third kappa shape index (κ3) is 3.39. The minimum absolute atomic E-state index is 0.261. The molecule has 0 bridgehead atoms. The summed E-state index contributed by atoms with van der Waals surface area (Å²) in [5.74, 6) is 0. The number of aromatic nitrogens is 3. The number of hydrogen-bond donors (Lipinski definition) is 3. The van der Waals surface area contributed by atoms with E-state index in [0.29, 0.717) is 6.54 Å². The fourth-order valence-electron chi connectivity index (χ4n) is 3.80. The Morgan fingerprint density at radius 1 is 1.03 bits per heavy atom. The van der Waals surface area contributed by atoms with Crippen molar-refractivity contribution < 1.29 is 4.79 Å². The number of nitrogens with zero attached hydrogens (tertiary/aromatic N) is 2. The first-order chi connectivity index (χ1) is 14.7. The first-order valence-corrected chi connectivity index (χ1v) is 9.81. The Bertz CT molecular complexity index is 1360. The summed E-state index contributed by atoms with van der Waals surface area (Å²) in [6.07, 6.45) is 5.83. The second-order valence-electron chi connectivity index (χ2n) is 7.34. The number of nitrogens with one attached hydrogen (secondary N) is 3. The number of aryl methyl sites for hydroxylation is 1. The molecule has 0 saturated heterocycles. The summed E-state index contributed by atoms with van der Waals surface area (Å²) < 4.78 is 2.18. The molecule has 148 valence electrons. The standard InChI is InChI=1S/C24H21N5O/c1-16-5-2-6-18(13-16)27-24(30)28-21-8-3-9-22-20(21)10-12-29(22)15-17-14-26-23-19(17)7-4-11-25-23/h2-14H,15H2,1H3,(H,25,26)(H2,27,28,30). The van der Waals surface area contributed by atoms with Crippen LogP contribution in [0.2, 0.25) is 0 Å². The van der Waals surface area contributed by atoms with Crippen molar-refractivity contribution in [2.45, 2.75) is 13.5 Å². The van der Waals surface area contributed by atoms with Crippen LogP contribution in [0.15, 0.2) is 79.3 Å². The first-order valence-electron chi connectivity index (χ1n) is 9.81. The molecule has 5 rings (SSSR count). The average molecular weight is 395 g/mol. The van der Waals surface area contributed by atoms with Crippen LogP contribution < -0.4 is 10.6 Å². The molecule has 0 aliphatic rings. The van der Waals surface area contributed by atoms with E-state index in [1.807, 2.05) is 67.8 Å². The number of hydrogen-bond acceptors (Lipinski definition) is 2. The Hall–Kier alpha value is -4.06. The van der Waals surface area contributed by atoms with Gasteiger partial charge in [-0.25, -0.2) is 9.78 Å². The highest BCUT2D eigenvalue weighted by atomic mass is 16.2. The van der Waals surface area contributed by atoms with Gasteiger partial charge in [-0.15, -0.1) is 0 Å². The van der Waals surface area contributed by atoms with Crippen LogP contribution in [0.4, 0.5) is 16.2 Å². The average Bonchev–Trinajstić information content (AvgIpc) is 3.34. The van der Waals surface area contributed by atoms with Crippen molar-refractivity contribution in [2.24, 2.45) is 0 Å². The minimum Gasteiger partial charge on any atom is -0.346 e. The smallest absolute Gasteiger partial charge is 0.323 e. The number of aromatic amines is 1. The molecule has 0 aliphatic heterocycles. The molecule has 2 amide bonds. The van der Waals surface area contributed by atoms with Gasteiger partial charge in [-0.3, -0.25) is 0 Å². The van der Waals surface area contributed by atoms with Crippen molar-refractivity contribution in [3.05, 3.63) is 90.4 Å². The van der Waals surface area contributed by atoms with E-state index in [0.717, 1.165) is 38.9 Å². The van der Waals surface area contributed by atoms with Crippen LogP contribution in [-0.2, 0) is 6.54 Å². The van der Waals surface area contributed by atoms with E-state index in [-0.39, 0.29) is 6.03 Å². The highest BCUT2D eigenvalue weighted by Gasteiger charge is 2.11. The van der Waals surface area contributed by atoms with Gasteiger partial charge in [-0.1, -0.05) is 18.2 Å². The zero-order chi connectivity index (χ0) is 20.5. The molecule has 0 spiro atoms. The maximum Gasteiger partial charge on any atom is 0.323 e. The predicted octanol–water partition coefficient (Wildman–Crippen LogP) is 5.52. The van der Waals surface area contributed by atoms with Gasteiger partial charge in [-0.2, -0.15) is 0 Å². The largest absolute Gasteiger partial charge is 0.346 e. The number of benzene rings is 2. The van der Waals surface area contributed by atoms with Crippen LogP contribution in [0.3, 0.4) is 0 Å². The van der Waals surface area contributed by atoms with Gasteiger partial charge in [0.25, 0.3) is 0 Å². The Kier molecular flexibility index (Phi) is 4.44. The second kappa shape index (κ2) is 7.40. The summed E-state index contributed by atoms with van der Waals surface area (Å²) >= 11 is 0. The number of anilines is 2. The van der Waals surface area contributed by atoms with E-state index in [2.05, 4.69) is 37.3 Å². The SMILES string of the molecule is Cc1cccc(NC(=O)Nc2cccc3c2ccn3Cc2c[nH]c3ncccc23)c1. The van der Waals surface area contributed by atoms with Crippen LogP contribution in [0.25, 0.3) is 21.9 Å². The Morgan fingerprint density at radius 2 is 1.93 bits per heavy atom. The Balaban J connectivity index is 1.40. The molecule has 3 aromatic heterocycles. The van der Waals surface area contributed by atoms with Crippen molar-refractivity contribution in [3.63, 3.8) is 0 Å². The van der Waals surface area contributed by atoms with E-state index in [1.54, 1.807) is 6.20 Å². The summed E-state index contributed by atoms with van der Waals surface area (Å²) in [4.78, 5) is 20.1. The molecule has 6 nitrogen and oxygen atoms in total. The van der Waals surface area contributed by atoms with Gasteiger partial charge in [0.05, 0.1) is 11.2 Å². The normalized spacial score (nSPS) is 11.1. The molecule has 0 fully saturated rings. The minimum atomic E-state index is -0.261. The Morgan fingerprint density at radius 3 is 2.83 bits per heavy atom. The van der Waals surface area contributed by atoms with Gasteiger partial charge < -0.3 is 20.2 Å². The van der Waals surface area contributed by atoms with Gasteiger partial charge in [0.1, 0.15) is 5.65 Å². The molecular weight excluding hydrogens is 374 g/mol. The number of rotatable bonds is 4. The molecule has 6 heteroatoms. The monoisotopic (exact) mass is 395 g/mol. The highest BCUT2D eigenvalue weighted by molar-refractivity contribution is 6.05. The lowest BCUT2D eigenvalue weighted by molar-refractivity contribution is 0.262. The van der Waals surface area contributed by atoms with Crippen LogP contribution in [0.5, 0.6) is 0 Å². The second-order valence-corrected chi connectivity index (χ2v) is 7.34. The zero-order valence-corrected chi connectivity index (χ0v) is 16.5. The van der Waals surface area contributed by atoms with Crippen molar-refractivity contribution in [2.75, 3.05) is 10.6 Å². The van der Waals surface area contributed by atoms with Crippen molar-refractivity contribution >= 4 is 39.3 Å². The number of pyridine rings is 1. The summed E-state index contributed by atoms with van der Waals surface area (Å²) in [5, 5.41) is 7.98. The van der Waals surface area contributed by atoms with Crippen LogP contribution >= 0.6 is 0 Å². The maximum absolute atomic E-state index is 12.5. The van der Waals surface area contributed by atoms with Crippen LogP contribution in [-0.4, -0.2) is 20.6 Å². The summed E-state index contributed by atoms with van der Waals surface area (Å²) in [7, 11) is 0.